The van der Waals surface area contributed by atoms with Gasteiger partial charge in [-0.25, -0.2) is 9.79 Å². The van der Waals surface area contributed by atoms with Crippen molar-refractivity contribution in [3.8, 4) is 11.5 Å². The van der Waals surface area contributed by atoms with Crippen molar-refractivity contribution in [3.05, 3.63) is 63.3 Å². The van der Waals surface area contributed by atoms with E-state index >= 15 is 0 Å². The molecule has 0 aromatic heterocycles. The first-order valence-corrected chi connectivity index (χ1v) is 10.0. The molecule has 0 fully saturated rings. The number of aliphatic imine (C=N–C) groups is 1. The molecule has 0 aliphatic carbocycles. The van der Waals surface area contributed by atoms with Crippen molar-refractivity contribution in [1.29, 1.82) is 0 Å². The predicted octanol–water partition coefficient (Wildman–Crippen LogP) is 5.30. The van der Waals surface area contributed by atoms with Gasteiger partial charge in [0.25, 0.3) is 0 Å². The van der Waals surface area contributed by atoms with Gasteiger partial charge in [-0.15, -0.1) is 0 Å². The Kier molecular flexibility index (Phi) is 6.80. The number of hydrogen-bond donors (Lipinski definition) is 0. The van der Waals surface area contributed by atoms with Crippen molar-refractivity contribution >= 4 is 47.1 Å². The van der Waals surface area contributed by atoms with Gasteiger partial charge in [0.2, 0.25) is 5.90 Å². The van der Waals surface area contributed by atoms with Crippen LogP contribution in [0.3, 0.4) is 0 Å². The minimum absolute atomic E-state index is 0.116. The molecule has 1 aliphatic rings. The molecular weight excluding hydrogens is 429 g/mol. The zero-order valence-corrected chi connectivity index (χ0v) is 18.1. The number of cyclic esters (lactones) is 1. The Morgan fingerprint density at radius 3 is 2.57 bits per heavy atom. The Hall–Kier alpha value is -2.83. The SMILES string of the molecule is CCOc1cc(/C=C2\N=C(c3ccc(Cl)c(Cl)c3)OC2=O)ccc1OC(=O)C(C)C. The second-order valence-corrected chi connectivity index (χ2v) is 7.49. The molecule has 0 radical (unpaired) electrons. The Labute approximate surface area is 184 Å². The lowest BCUT2D eigenvalue weighted by molar-refractivity contribution is -0.138. The standard InChI is InChI=1S/C22H19Cl2NO5/c1-4-28-19-10-13(5-8-18(19)29-21(26)12(2)3)9-17-22(27)30-20(25-17)14-6-7-15(23)16(24)11-14/h5-12H,4H2,1-3H3/b17-9-. The zero-order valence-electron chi connectivity index (χ0n) is 16.6. The lowest BCUT2D eigenvalue weighted by atomic mass is 10.1. The van der Waals surface area contributed by atoms with Crippen molar-refractivity contribution in [3.63, 3.8) is 0 Å². The zero-order chi connectivity index (χ0) is 21.8. The molecule has 30 heavy (non-hydrogen) atoms. The van der Waals surface area contributed by atoms with E-state index in [4.69, 9.17) is 37.4 Å². The molecule has 0 spiro atoms. The minimum atomic E-state index is -0.593. The van der Waals surface area contributed by atoms with E-state index in [1.165, 1.54) is 0 Å². The van der Waals surface area contributed by atoms with E-state index < -0.39 is 5.97 Å². The van der Waals surface area contributed by atoms with E-state index in [0.717, 1.165) is 0 Å². The molecule has 8 heteroatoms. The smallest absolute Gasteiger partial charge is 0.363 e. The summed E-state index contributed by atoms with van der Waals surface area (Å²) in [5.74, 6) is -0.393. The van der Waals surface area contributed by atoms with E-state index in [2.05, 4.69) is 4.99 Å². The highest BCUT2D eigenvalue weighted by Crippen LogP contribution is 2.31. The maximum atomic E-state index is 12.2. The van der Waals surface area contributed by atoms with Gasteiger partial charge in [0.1, 0.15) is 0 Å². The van der Waals surface area contributed by atoms with Crippen LogP contribution < -0.4 is 9.47 Å². The summed E-state index contributed by atoms with van der Waals surface area (Å²) < 4.78 is 16.2. The minimum Gasteiger partial charge on any atom is -0.490 e. The van der Waals surface area contributed by atoms with Crippen molar-refractivity contribution < 1.29 is 23.8 Å². The number of esters is 2. The molecule has 1 aliphatic heterocycles. The highest BCUT2D eigenvalue weighted by molar-refractivity contribution is 6.42. The molecule has 2 aromatic carbocycles. The number of halogens is 2. The molecule has 0 saturated carbocycles. The first-order valence-electron chi connectivity index (χ1n) is 9.25. The molecule has 3 rings (SSSR count). The van der Waals surface area contributed by atoms with Crippen LogP contribution in [0, 0.1) is 5.92 Å². The third kappa shape index (κ3) is 5.01. The van der Waals surface area contributed by atoms with E-state index in [1.54, 1.807) is 56.3 Å². The van der Waals surface area contributed by atoms with Crippen LogP contribution in [0.4, 0.5) is 0 Å². The third-order valence-electron chi connectivity index (χ3n) is 4.04. The third-order valence-corrected chi connectivity index (χ3v) is 4.78. The van der Waals surface area contributed by atoms with Gasteiger partial charge in [-0.3, -0.25) is 4.79 Å². The van der Waals surface area contributed by atoms with Crippen molar-refractivity contribution in [2.24, 2.45) is 10.9 Å². The summed E-state index contributed by atoms with van der Waals surface area (Å²) in [6, 6.07) is 9.81. The number of benzene rings is 2. The van der Waals surface area contributed by atoms with E-state index in [1.807, 2.05) is 6.92 Å². The number of hydrogen-bond acceptors (Lipinski definition) is 6. The second-order valence-electron chi connectivity index (χ2n) is 6.68. The van der Waals surface area contributed by atoms with Gasteiger partial charge in [-0.05, 0) is 48.9 Å². The van der Waals surface area contributed by atoms with Gasteiger partial charge < -0.3 is 14.2 Å². The van der Waals surface area contributed by atoms with Crippen molar-refractivity contribution in [1.82, 2.24) is 0 Å². The van der Waals surface area contributed by atoms with Crippen LogP contribution in [-0.2, 0) is 14.3 Å². The van der Waals surface area contributed by atoms with Crippen LogP contribution in [0.1, 0.15) is 31.9 Å². The summed E-state index contributed by atoms with van der Waals surface area (Å²) in [5.41, 5.74) is 1.28. The fraction of sp³-hybridized carbons (Fsp3) is 0.227. The predicted molar refractivity (Wildman–Crippen MR) is 115 cm³/mol. The highest BCUT2D eigenvalue weighted by atomic mass is 35.5. The van der Waals surface area contributed by atoms with E-state index in [9.17, 15) is 9.59 Å². The van der Waals surface area contributed by atoms with Crippen LogP contribution in [-0.4, -0.2) is 24.4 Å². The topological polar surface area (TPSA) is 74.2 Å². The summed E-state index contributed by atoms with van der Waals surface area (Å²) in [5, 5.41) is 0.723. The summed E-state index contributed by atoms with van der Waals surface area (Å²) in [6.45, 7) is 5.70. The Bertz CT molecular complexity index is 1060. The molecule has 0 saturated heterocycles. The molecule has 2 aromatic rings. The lowest BCUT2D eigenvalue weighted by Gasteiger charge is -2.12. The summed E-state index contributed by atoms with van der Waals surface area (Å²) in [6.07, 6.45) is 1.56. The van der Waals surface area contributed by atoms with Gasteiger partial charge in [0.05, 0.1) is 22.6 Å². The average molecular weight is 448 g/mol. The molecule has 0 amide bonds. The highest BCUT2D eigenvalue weighted by Gasteiger charge is 2.25. The summed E-state index contributed by atoms with van der Waals surface area (Å²) in [4.78, 5) is 28.4. The summed E-state index contributed by atoms with van der Waals surface area (Å²) >= 11 is 11.9. The molecule has 1 heterocycles. The van der Waals surface area contributed by atoms with Crippen LogP contribution >= 0.6 is 23.2 Å². The van der Waals surface area contributed by atoms with E-state index in [0.29, 0.717) is 39.3 Å². The van der Waals surface area contributed by atoms with Crippen LogP contribution in [0.25, 0.3) is 6.08 Å². The number of nitrogens with zero attached hydrogens (tertiary/aromatic N) is 1. The second kappa shape index (κ2) is 9.32. The maximum Gasteiger partial charge on any atom is 0.363 e. The Balaban J connectivity index is 1.90. The van der Waals surface area contributed by atoms with Crippen molar-refractivity contribution in [2.75, 3.05) is 6.61 Å². The first kappa shape index (κ1) is 21.9. The fourth-order valence-electron chi connectivity index (χ4n) is 2.51. The number of ether oxygens (including phenoxy) is 3. The maximum absolute atomic E-state index is 12.2. The van der Waals surface area contributed by atoms with Crippen molar-refractivity contribution in [2.45, 2.75) is 20.8 Å². The summed E-state index contributed by atoms with van der Waals surface area (Å²) in [7, 11) is 0. The molecule has 156 valence electrons. The van der Waals surface area contributed by atoms with Gasteiger partial charge >= 0.3 is 11.9 Å². The lowest BCUT2D eigenvalue weighted by Crippen LogP contribution is -2.15. The molecule has 0 unspecified atom stereocenters. The molecule has 6 nitrogen and oxygen atoms in total. The van der Waals surface area contributed by atoms with Crippen LogP contribution in [0.15, 0.2) is 47.1 Å². The van der Waals surface area contributed by atoms with Gasteiger partial charge in [0.15, 0.2) is 17.2 Å². The van der Waals surface area contributed by atoms with Gasteiger partial charge in [-0.1, -0.05) is 43.1 Å². The number of carbonyl (C=O) groups excluding carboxylic acids is 2. The quantitative estimate of drug-likeness (QED) is 0.341. The monoisotopic (exact) mass is 447 g/mol. The molecule has 0 atom stereocenters. The van der Waals surface area contributed by atoms with Crippen LogP contribution in [0.5, 0.6) is 11.5 Å². The molecule has 0 N–H and O–H groups in total. The normalized spacial score (nSPS) is 14.7. The van der Waals surface area contributed by atoms with E-state index in [-0.39, 0.29) is 23.5 Å². The Morgan fingerprint density at radius 1 is 1.13 bits per heavy atom. The Morgan fingerprint density at radius 2 is 1.90 bits per heavy atom. The fourth-order valence-corrected chi connectivity index (χ4v) is 2.81. The first-order chi connectivity index (χ1) is 14.3. The van der Waals surface area contributed by atoms with Gasteiger partial charge in [0, 0.05) is 5.56 Å². The average Bonchev–Trinajstić information content (AvgIpc) is 3.06. The number of rotatable bonds is 6. The molecule has 0 bridgehead atoms. The van der Waals surface area contributed by atoms with Crippen LogP contribution in [0.2, 0.25) is 10.0 Å². The number of carbonyl (C=O) groups is 2. The van der Waals surface area contributed by atoms with Gasteiger partial charge in [-0.2, -0.15) is 0 Å². The largest absolute Gasteiger partial charge is 0.490 e. The molecular formula is C22H19Cl2NO5.